The Morgan fingerprint density at radius 3 is 2.32 bits per heavy atom. The summed E-state index contributed by atoms with van der Waals surface area (Å²) < 4.78 is 0. The fourth-order valence-electron chi connectivity index (χ4n) is 2.73. The number of carbonyl (C=O) groups is 1. The molecule has 0 saturated heterocycles. The van der Waals surface area contributed by atoms with E-state index in [1.165, 1.54) is 12.8 Å². The molecule has 0 radical (unpaired) electrons. The lowest BCUT2D eigenvalue weighted by Gasteiger charge is -2.33. The molecule has 4 heteroatoms. The van der Waals surface area contributed by atoms with Crippen molar-refractivity contribution in [3.63, 3.8) is 0 Å². The molecular formula is C15H23ClN2O. The fraction of sp³-hybridized carbons (Fsp3) is 0.533. The molecule has 1 amide bonds. The average molecular weight is 283 g/mol. The van der Waals surface area contributed by atoms with E-state index < -0.39 is 5.54 Å². The van der Waals surface area contributed by atoms with E-state index in [0.717, 1.165) is 18.4 Å². The Morgan fingerprint density at radius 1 is 1.26 bits per heavy atom. The number of nitrogens with two attached hydrogens (primary N) is 1. The van der Waals surface area contributed by atoms with Crippen molar-refractivity contribution in [2.75, 3.05) is 7.05 Å². The number of amides is 1. The third-order valence-electron chi connectivity index (χ3n) is 4.01. The summed E-state index contributed by atoms with van der Waals surface area (Å²) in [5.41, 5.74) is 6.20. The molecule has 2 rings (SSSR count). The van der Waals surface area contributed by atoms with Crippen LogP contribution in [-0.2, 0) is 10.3 Å². The van der Waals surface area contributed by atoms with Crippen molar-refractivity contribution in [1.82, 2.24) is 4.90 Å². The van der Waals surface area contributed by atoms with E-state index in [1.807, 2.05) is 42.3 Å². The third-order valence-corrected chi connectivity index (χ3v) is 4.01. The summed E-state index contributed by atoms with van der Waals surface area (Å²) in [6.07, 6.45) is 4.64. The van der Waals surface area contributed by atoms with Gasteiger partial charge in [0, 0.05) is 13.1 Å². The Labute approximate surface area is 121 Å². The van der Waals surface area contributed by atoms with Crippen LogP contribution in [0.4, 0.5) is 0 Å². The summed E-state index contributed by atoms with van der Waals surface area (Å²) in [4.78, 5) is 14.4. The minimum atomic E-state index is -0.932. The lowest BCUT2D eigenvalue weighted by atomic mass is 9.91. The van der Waals surface area contributed by atoms with E-state index in [1.54, 1.807) is 6.92 Å². The second-order valence-corrected chi connectivity index (χ2v) is 5.42. The summed E-state index contributed by atoms with van der Waals surface area (Å²) in [6.45, 7) is 1.80. The van der Waals surface area contributed by atoms with E-state index in [4.69, 9.17) is 5.73 Å². The number of benzene rings is 1. The van der Waals surface area contributed by atoms with E-state index in [2.05, 4.69) is 0 Å². The lowest BCUT2D eigenvalue weighted by Crippen LogP contribution is -2.52. The molecule has 0 bridgehead atoms. The number of halogens is 1. The Kier molecular flexibility index (Phi) is 5.39. The molecule has 0 spiro atoms. The van der Waals surface area contributed by atoms with Crippen LogP contribution in [0.3, 0.4) is 0 Å². The van der Waals surface area contributed by atoms with Gasteiger partial charge in [-0.1, -0.05) is 43.2 Å². The molecule has 1 atom stereocenters. The SMILES string of the molecule is CN(C(=O)C(C)(N)c1ccccc1)C1CCCC1.Cl. The molecule has 1 aliphatic carbocycles. The normalized spacial score (nSPS) is 18.5. The van der Waals surface area contributed by atoms with Crippen LogP contribution in [-0.4, -0.2) is 23.9 Å². The van der Waals surface area contributed by atoms with Crippen LogP contribution in [0, 0.1) is 0 Å². The smallest absolute Gasteiger partial charge is 0.246 e. The molecular weight excluding hydrogens is 260 g/mol. The van der Waals surface area contributed by atoms with Crippen LogP contribution < -0.4 is 5.73 Å². The summed E-state index contributed by atoms with van der Waals surface area (Å²) in [5, 5.41) is 0. The van der Waals surface area contributed by atoms with Gasteiger partial charge in [0.1, 0.15) is 5.54 Å². The minimum Gasteiger partial charge on any atom is -0.341 e. The van der Waals surface area contributed by atoms with Crippen molar-refractivity contribution in [3.05, 3.63) is 35.9 Å². The number of hydrogen-bond acceptors (Lipinski definition) is 2. The van der Waals surface area contributed by atoms with Gasteiger partial charge in [0.25, 0.3) is 0 Å². The molecule has 1 aromatic carbocycles. The zero-order valence-corrected chi connectivity index (χ0v) is 12.5. The number of hydrogen-bond donors (Lipinski definition) is 1. The molecule has 1 aromatic rings. The van der Waals surface area contributed by atoms with Gasteiger partial charge in [-0.25, -0.2) is 0 Å². The average Bonchev–Trinajstić information content (AvgIpc) is 2.92. The zero-order valence-electron chi connectivity index (χ0n) is 11.6. The largest absolute Gasteiger partial charge is 0.341 e. The molecule has 0 aliphatic heterocycles. The first-order valence-corrected chi connectivity index (χ1v) is 6.65. The highest BCUT2D eigenvalue weighted by Gasteiger charge is 2.36. The van der Waals surface area contributed by atoms with Crippen LogP contribution in [0.2, 0.25) is 0 Å². The van der Waals surface area contributed by atoms with Crippen molar-refractivity contribution in [2.45, 2.75) is 44.2 Å². The van der Waals surface area contributed by atoms with Crippen molar-refractivity contribution < 1.29 is 4.79 Å². The summed E-state index contributed by atoms with van der Waals surface area (Å²) >= 11 is 0. The summed E-state index contributed by atoms with van der Waals surface area (Å²) in [5.74, 6) is 0.0144. The predicted molar refractivity (Wildman–Crippen MR) is 80.3 cm³/mol. The second kappa shape index (κ2) is 6.40. The lowest BCUT2D eigenvalue weighted by molar-refractivity contribution is -0.137. The van der Waals surface area contributed by atoms with Gasteiger partial charge in [0.05, 0.1) is 0 Å². The summed E-state index contributed by atoms with van der Waals surface area (Å²) in [7, 11) is 1.88. The maximum absolute atomic E-state index is 12.6. The van der Waals surface area contributed by atoms with Gasteiger partial charge in [-0.3, -0.25) is 4.79 Å². The van der Waals surface area contributed by atoms with Crippen molar-refractivity contribution in [2.24, 2.45) is 5.73 Å². The zero-order chi connectivity index (χ0) is 13.2. The standard InChI is InChI=1S/C15H22N2O.ClH/c1-15(16,12-8-4-3-5-9-12)14(18)17(2)13-10-6-7-11-13;/h3-5,8-9,13H,6-7,10-11,16H2,1-2H3;1H. The van der Waals surface area contributed by atoms with Crippen LogP contribution in [0.5, 0.6) is 0 Å². The summed E-state index contributed by atoms with van der Waals surface area (Å²) in [6, 6.07) is 9.97. The molecule has 3 nitrogen and oxygen atoms in total. The van der Waals surface area contributed by atoms with E-state index in [-0.39, 0.29) is 18.3 Å². The van der Waals surface area contributed by atoms with Gasteiger partial charge in [0.2, 0.25) is 5.91 Å². The highest BCUT2D eigenvalue weighted by molar-refractivity contribution is 5.87. The molecule has 19 heavy (non-hydrogen) atoms. The molecule has 0 aromatic heterocycles. The highest BCUT2D eigenvalue weighted by atomic mass is 35.5. The maximum Gasteiger partial charge on any atom is 0.246 e. The van der Waals surface area contributed by atoms with Gasteiger partial charge < -0.3 is 10.6 Å². The molecule has 1 fully saturated rings. The van der Waals surface area contributed by atoms with Gasteiger partial charge in [0.15, 0.2) is 0 Å². The quantitative estimate of drug-likeness (QED) is 0.926. The monoisotopic (exact) mass is 282 g/mol. The van der Waals surface area contributed by atoms with Crippen molar-refractivity contribution in [1.29, 1.82) is 0 Å². The number of rotatable bonds is 3. The van der Waals surface area contributed by atoms with Gasteiger partial charge >= 0.3 is 0 Å². The van der Waals surface area contributed by atoms with Gasteiger partial charge in [-0.05, 0) is 25.3 Å². The van der Waals surface area contributed by atoms with E-state index in [9.17, 15) is 4.79 Å². The molecule has 1 saturated carbocycles. The van der Waals surface area contributed by atoms with E-state index in [0.29, 0.717) is 6.04 Å². The first kappa shape index (κ1) is 16.0. The third kappa shape index (κ3) is 3.28. The molecule has 2 N–H and O–H groups in total. The Bertz CT molecular complexity index is 413. The Hall–Kier alpha value is -1.06. The number of carbonyl (C=O) groups excluding carboxylic acids is 1. The van der Waals surface area contributed by atoms with Crippen molar-refractivity contribution >= 4 is 18.3 Å². The maximum atomic E-state index is 12.6. The molecule has 1 unspecified atom stereocenters. The second-order valence-electron chi connectivity index (χ2n) is 5.42. The number of likely N-dealkylation sites (N-methyl/N-ethyl adjacent to an activating group) is 1. The van der Waals surface area contributed by atoms with Gasteiger partial charge in [-0.2, -0.15) is 0 Å². The van der Waals surface area contributed by atoms with Gasteiger partial charge in [-0.15, -0.1) is 12.4 Å². The molecule has 1 aliphatic rings. The Morgan fingerprint density at radius 2 is 1.79 bits per heavy atom. The van der Waals surface area contributed by atoms with Crippen LogP contribution in [0.15, 0.2) is 30.3 Å². The Balaban J connectivity index is 0.00000180. The molecule has 0 heterocycles. The minimum absolute atomic E-state index is 0. The number of nitrogens with zero attached hydrogens (tertiary/aromatic N) is 1. The first-order valence-electron chi connectivity index (χ1n) is 6.65. The predicted octanol–water partition coefficient (Wildman–Crippen LogP) is 2.68. The fourth-order valence-corrected chi connectivity index (χ4v) is 2.73. The van der Waals surface area contributed by atoms with Crippen LogP contribution in [0.1, 0.15) is 38.2 Å². The van der Waals surface area contributed by atoms with Crippen LogP contribution >= 0.6 is 12.4 Å². The van der Waals surface area contributed by atoms with Crippen LogP contribution in [0.25, 0.3) is 0 Å². The topological polar surface area (TPSA) is 46.3 Å². The van der Waals surface area contributed by atoms with Crippen molar-refractivity contribution in [3.8, 4) is 0 Å². The highest BCUT2D eigenvalue weighted by Crippen LogP contribution is 2.27. The molecule has 106 valence electrons. The first-order chi connectivity index (χ1) is 8.53. The van der Waals surface area contributed by atoms with E-state index >= 15 is 0 Å².